The van der Waals surface area contributed by atoms with Crippen LogP contribution < -0.4 is 0 Å². The van der Waals surface area contributed by atoms with E-state index >= 15 is 0 Å². The minimum absolute atomic E-state index is 0.196. The molecule has 0 spiro atoms. The van der Waals surface area contributed by atoms with Gasteiger partial charge in [-0.25, -0.2) is 0 Å². The molecular formula is C12H24N2O6. The standard InChI is InChI=1S/C12H24N2O6/c1-9(15)5-13(7-11(17)18)3-4-14(6-10(2)16)8-12(19)20/h9-10,15-16H,3-8H2,1-2H3,(H,17,18)(H,19,20). The van der Waals surface area contributed by atoms with E-state index in [4.69, 9.17) is 10.2 Å². The van der Waals surface area contributed by atoms with Gasteiger partial charge in [-0.1, -0.05) is 0 Å². The molecule has 0 aromatic rings. The van der Waals surface area contributed by atoms with Crippen LogP contribution in [0.4, 0.5) is 0 Å². The molecule has 0 aliphatic carbocycles. The van der Waals surface area contributed by atoms with Gasteiger partial charge in [-0.15, -0.1) is 0 Å². The van der Waals surface area contributed by atoms with E-state index in [9.17, 15) is 19.8 Å². The van der Waals surface area contributed by atoms with Crippen molar-refractivity contribution in [3.8, 4) is 0 Å². The number of aliphatic hydroxyl groups excluding tert-OH is 2. The van der Waals surface area contributed by atoms with Crippen LogP contribution in [0, 0.1) is 0 Å². The highest BCUT2D eigenvalue weighted by Gasteiger charge is 2.16. The van der Waals surface area contributed by atoms with Crippen molar-refractivity contribution in [2.24, 2.45) is 0 Å². The molecule has 20 heavy (non-hydrogen) atoms. The van der Waals surface area contributed by atoms with E-state index in [1.807, 2.05) is 0 Å². The van der Waals surface area contributed by atoms with Crippen molar-refractivity contribution in [2.75, 3.05) is 39.3 Å². The van der Waals surface area contributed by atoms with Crippen molar-refractivity contribution >= 4 is 11.9 Å². The van der Waals surface area contributed by atoms with E-state index in [1.54, 1.807) is 13.8 Å². The molecule has 0 aliphatic heterocycles. The molecule has 118 valence electrons. The Morgan fingerprint density at radius 3 is 1.35 bits per heavy atom. The lowest BCUT2D eigenvalue weighted by atomic mass is 10.3. The Morgan fingerprint density at radius 2 is 1.15 bits per heavy atom. The molecule has 2 atom stereocenters. The first-order valence-corrected chi connectivity index (χ1v) is 6.45. The molecule has 0 amide bonds. The van der Waals surface area contributed by atoms with Gasteiger partial charge in [-0.3, -0.25) is 19.4 Å². The van der Waals surface area contributed by atoms with Crippen LogP contribution in [-0.2, 0) is 9.59 Å². The van der Waals surface area contributed by atoms with E-state index in [0.29, 0.717) is 13.1 Å². The van der Waals surface area contributed by atoms with Gasteiger partial charge in [0.1, 0.15) is 0 Å². The highest BCUT2D eigenvalue weighted by molar-refractivity contribution is 5.69. The van der Waals surface area contributed by atoms with Gasteiger partial charge in [0.15, 0.2) is 0 Å². The number of carbonyl (C=O) groups is 2. The molecule has 0 saturated heterocycles. The molecule has 0 bridgehead atoms. The largest absolute Gasteiger partial charge is 0.480 e. The zero-order valence-corrected chi connectivity index (χ0v) is 11.9. The Bertz CT molecular complexity index is 278. The molecule has 0 radical (unpaired) electrons. The van der Waals surface area contributed by atoms with Gasteiger partial charge >= 0.3 is 11.9 Å². The van der Waals surface area contributed by atoms with E-state index in [2.05, 4.69) is 0 Å². The summed E-state index contributed by atoms with van der Waals surface area (Å²) in [7, 11) is 0. The van der Waals surface area contributed by atoms with Gasteiger partial charge in [0.05, 0.1) is 25.3 Å². The topological polar surface area (TPSA) is 122 Å². The van der Waals surface area contributed by atoms with Crippen molar-refractivity contribution in [1.82, 2.24) is 9.80 Å². The van der Waals surface area contributed by atoms with E-state index in [1.165, 1.54) is 9.80 Å². The molecule has 0 aromatic heterocycles. The van der Waals surface area contributed by atoms with Crippen LogP contribution in [0.25, 0.3) is 0 Å². The summed E-state index contributed by atoms with van der Waals surface area (Å²) in [5.41, 5.74) is 0. The summed E-state index contributed by atoms with van der Waals surface area (Å²) in [6.45, 7) is 3.67. The van der Waals surface area contributed by atoms with Crippen LogP contribution in [0.5, 0.6) is 0 Å². The summed E-state index contributed by atoms with van der Waals surface area (Å²) < 4.78 is 0. The summed E-state index contributed by atoms with van der Waals surface area (Å²) in [4.78, 5) is 24.5. The summed E-state index contributed by atoms with van der Waals surface area (Å²) in [5, 5.41) is 36.2. The quantitative estimate of drug-likeness (QED) is 0.364. The molecule has 8 heteroatoms. The maximum atomic E-state index is 10.7. The second-order valence-corrected chi connectivity index (χ2v) is 4.96. The minimum Gasteiger partial charge on any atom is -0.480 e. The fourth-order valence-electron chi connectivity index (χ4n) is 1.88. The Balaban J connectivity index is 4.42. The Morgan fingerprint density at radius 1 is 0.850 bits per heavy atom. The van der Waals surface area contributed by atoms with Crippen LogP contribution in [-0.4, -0.2) is 93.6 Å². The summed E-state index contributed by atoms with van der Waals surface area (Å²) in [6, 6.07) is 0. The number of nitrogens with zero attached hydrogens (tertiary/aromatic N) is 2. The molecule has 0 aliphatic rings. The summed E-state index contributed by atoms with van der Waals surface area (Å²) >= 11 is 0. The highest BCUT2D eigenvalue weighted by Crippen LogP contribution is 1.97. The number of aliphatic carboxylic acids is 2. The van der Waals surface area contributed by atoms with Crippen molar-refractivity contribution in [2.45, 2.75) is 26.1 Å². The van der Waals surface area contributed by atoms with Crippen molar-refractivity contribution in [1.29, 1.82) is 0 Å². The lowest BCUT2D eigenvalue weighted by molar-refractivity contribution is -0.140. The molecule has 4 N–H and O–H groups in total. The number of carboxylic acids is 2. The monoisotopic (exact) mass is 292 g/mol. The Hall–Kier alpha value is -1.22. The van der Waals surface area contributed by atoms with Gasteiger partial charge in [-0.2, -0.15) is 0 Å². The van der Waals surface area contributed by atoms with Crippen molar-refractivity contribution in [3.63, 3.8) is 0 Å². The first kappa shape index (κ1) is 18.8. The normalized spacial score (nSPS) is 14.5. The van der Waals surface area contributed by atoms with Crippen LogP contribution >= 0.6 is 0 Å². The molecule has 0 aromatic carbocycles. The van der Waals surface area contributed by atoms with E-state index < -0.39 is 24.1 Å². The van der Waals surface area contributed by atoms with Crippen LogP contribution in [0.2, 0.25) is 0 Å². The highest BCUT2D eigenvalue weighted by atomic mass is 16.4. The SMILES string of the molecule is CC(O)CN(CCN(CC(=O)O)CC(C)O)CC(=O)O. The second kappa shape index (κ2) is 9.65. The number of hydrogen-bond donors (Lipinski definition) is 4. The lowest BCUT2D eigenvalue weighted by Gasteiger charge is -2.27. The smallest absolute Gasteiger partial charge is 0.317 e. The number of aliphatic hydroxyl groups is 2. The predicted molar refractivity (Wildman–Crippen MR) is 71.5 cm³/mol. The van der Waals surface area contributed by atoms with E-state index in [0.717, 1.165) is 0 Å². The zero-order valence-electron chi connectivity index (χ0n) is 11.9. The summed E-state index contributed by atoms with van der Waals surface area (Å²) in [6.07, 6.45) is -1.34. The number of carboxylic acid groups (broad SMARTS) is 2. The number of rotatable bonds is 11. The van der Waals surface area contributed by atoms with Gasteiger partial charge in [0.25, 0.3) is 0 Å². The van der Waals surface area contributed by atoms with E-state index in [-0.39, 0.29) is 26.2 Å². The van der Waals surface area contributed by atoms with Gasteiger partial charge in [-0.05, 0) is 13.8 Å². The Labute approximate surface area is 118 Å². The molecule has 0 heterocycles. The molecule has 0 rings (SSSR count). The molecule has 2 unspecified atom stereocenters. The van der Waals surface area contributed by atoms with Gasteiger partial charge in [0, 0.05) is 26.2 Å². The van der Waals surface area contributed by atoms with Crippen LogP contribution in [0.3, 0.4) is 0 Å². The van der Waals surface area contributed by atoms with Gasteiger partial charge < -0.3 is 20.4 Å². The maximum Gasteiger partial charge on any atom is 0.317 e. The maximum absolute atomic E-state index is 10.7. The van der Waals surface area contributed by atoms with Crippen LogP contribution in [0.15, 0.2) is 0 Å². The summed E-state index contributed by atoms with van der Waals surface area (Å²) in [5.74, 6) is -2.02. The zero-order chi connectivity index (χ0) is 15.7. The van der Waals surface area contributed by atoms with Crippen molar-refractivity contribution < 1.29 is 30.0 Å². The third kappa shape index (κ3) is 10.7. The fourth-order valence-corrected chi connectivity index (χ4v) is 1.88. The molecule has 0 saturated carbocycles. The third-order valence-corrected chi connectivity index (χ3v) is 2.50. The van der Waals surface area contributed by atoms with Crippen molar-refractivity contribution in [3.05, 3.63) is 0 Å². The predicted octanol–water partition coefficient (Wildman–Crippen LogP) is -1.48. The first-order valence-electron chi connectivity index (χ1n) is 6.45. The van der Waals surface area contributed by atoms with Crippen LogP contribution in [0.1, 0.15) is 13.8 Å². The fraction of sp³-hybridized carbons (Fsp3) is 0.833. The molecular weight excluding hydrogens is 268 g/mol. The minimum atomic E-state index is -1.01. The number of hydrogen-bond acceptors (Lipinski definition) is 6. The van der Waals surface area contributed by atoms with Gasteiger partial charge in [0.2, 0.25) is 0 Å². The lowest BCUT2D eigenvalue weighted by Crippen LogP contribution is -2.44. The average molecular weight is 292 g/mol. The Kier molecular flexibility index (Phi) is 9.06. The third-order valence-electron chi connectivity index (χ3n) is 2.50. The first-order chi connectivity index (χ1) is 9.20. The second-order valence-electron chi connectivity index (χ2n) is 4.96. The molecule has 8 nitrogen and oxygen atoms in total. The average Bonchev–Trinajstić information content (AvgIpc) is 2.22. The molecule has 0 fully saturated rings.